The van der Waals surface area contributed by atoms with E-state index in [9.17, 15) is 0 Å². The van der Waals surface area contributed by atoms with Gasteiger partial charge >= 0.3 is 0 Å². The number of hydrogen-bond donors (Lipinski definition) is 1. The molecule has 0 bridgehead atoms. The molecule has 4 heteroatoms. The van der Waals surface area contributed by atoms with Crippen LogP contribution in [0.2, 0.25) is 0 Å². The standard InChI is InChI=1S/C12H15N3O/c1-12(2,13)8-16-9-3-4-10-11(7-9)15-6-5-14-10/h3-7H,8,13H2,1-2H3. The number of nitrogens with two attached hydrogens (primary N) is 1. The summed E-state index contributed by atoms with van der Waals surface area (Å²) in [4.78, 5) is 8.40. The lowest BCUT2D eigenvalue weighted by molar-refractivity contribution is 0.243. The summed E-state index contributed by atoms with van der Waals surface area (Å²) in [5.74, 6) is 0.770. The first-order valence-electron chi connectivity index (χ1n) is 5.17. The molecule has 2 aromatic rings. The zero-order chi connectivity index (χ0) is 11.6. The monoisotopic (exact) mass is 217 g/mol. The fourth-order valence-corrected chi connectivity index (χ4v) is 1.30. The van der Waals surface area contributed by atoms with Gasteiger partial charge in [0.25, 0.3) is 0 Å². The van der Waals surface area contributed by atoms with Crippen LogP contribution >= 0.6 is 0 Å². The lowest BCUT2D eigenvalue weighted by atomic mass is 10.1. The van der Waals surface area contributed by atoms with Crippen molar-refractivity contribution in [2.45, 2.75) is 19.4 Å². The molecular formula is C12H15N3O. The summed E-state index contributed by atoms with van der Waals surface area (Å²) < 4.78 is 5.59. The molecular weight excluding hydrogens is 202 g/mol. The molecule has 2 rings (SSSR count). The number of hydrogen-bond acceptors (Lipinski definition) is 4. The largest absolute Gasteiger partial charge is 0.492 e. The molecule has 0 amide bonds. The molecule has 0 saturated heterocycles. The molecule has 2 N–H and O–H groups in total. The van der Waals surface area contributed by atoms with E-state index >= 15 is 0 Å². The van der Waals surface area contributed by atoms with Crippen molar-refractivity contribution < 1.29 is 4.74 Å². The second-order valence-electron chi connectivity index (χ2n) is 4.48. The van der Waals surface area contributed by atoms with E-state index in [4.69, 9.17) is 10.5 Å². The van der Waals surface area contributed by atoms with E-state index in [2.05, 4.69) is 9.97 Å². The van der Waals surface area contributed by atoms with Crippen molar-refractivity contribution in [3.8, 4) is 5.75 Å². The number of nitrogens with zero attached hydrogens (tertiary/aromatic N) is 2. The molecule has 0 radical (unpaired) electrons. The average Bonchev–Trinajstić information content (AvgIpc) is 2.25. The van der Waals surface area contributed by atoms with Crippen LogP contribution in [0.5, 0.6) is 5.75 Å². The van der Waals surface area contributed by atoms with Gasteiger partial charge in [0, 0.05) is 24.0 Å². The molecule has 0 aliphatic heterocycles. The van der Waals surface area contributed by atoms with E-state index in [1.807, 2.05) is 32.0 Å². The SMILES string of the molecule is CC(C)(N)COc1ccc2nccnc2c1. The second kappa shape index (κ2) is 4.06. The lowest BCUT2D eigenvalue weighted by Crippen LogP contribution is -2.38. The van der Waals surface area contributed by atoms with Gasteiger partial charge in [-0.1, -0.05) is 0 Å². The van der Waals surface area contributed by atoms with E-state index in [0.29, 0.717) is 6.61 Å². The molecule has 1 heterocycles. The number of ether oxygens (including phenoxy) is 1. The topological polar surface area (TPSA) is 61.0 Å². The summed E-state index contributed by atoms with van der Waals surface area (Å²) in [6.45, 7) is 4.32. The molecule has 0 saturated carbocycles. The Labute approximate surface area is 94.5 Å². The van der Waals surface area contributed by atoms with Gasteiger partial charge in [0.1, 0.15) is 12.4 Å². The Kier molecular flexibility index (Phi) is 2.75. The van der Waals surface area contributed by atoms with Crippen molar-refractivity contribution in [2.75, 3.05) is 6.61 Å². The average molecular weight is 217 g/mol. The van der Waals surface area contributed by atoms with Crippen molar-refractivity contribution in [1.29, 1.82) is 0 Å². The van der Waals surface area contributed by atoms with Crippen LogP contribution in [-0.4, -0.2) is 22.1 Å². The smallest absolute Gasteiger partial charge is 0.121 e. The van der Waals surface area contributed by atoms with Crippen molar-refractivity contribution in [1.82, 2.24) is 9.97 Å². The van der Waals surface area contributed by atoms with Crippen LogP contribution in [-0.2, 0) is 0 Å². The molecule has 0 aliphatic carbocycles. The summed E-state index contributed by atoms with van der Waals surface area (Å²) in [5.41, 5.74) is 7.20. The van der Waals surface area contributed by atoms with Crippen molar-refractivity contribution in [2.24, 2.45) is 5.73 Å². The number of benzene rings is 1. The number of aromatic nitrogens is 2. The molecule has 0 spiro atoms. The van der Waals surface area contributed by atoms with Gasteiger partial charge in [0.2, 0.25) is 0 Å². The van der Waals surface area contributed by atoms with E-state index in [1.54, 1.807) is 12.4 Å². The van der Waals surface area contributed by atoms with Crippen LogP contribution in [0.15, 0.2) is 30.6 Å². The lowest BCUT2D eigenvalue weighted by Gasteiger charge is -2.18. The van der Waals surface area contributed by atoms with Gasteiger partial charge in [-0.25, -0.2) is 0 Å². The van der Waals surface area contributed by atoms with Crippen LogP contribution < -0.4 is 10.5 Å². The van der Waals surface area contributed by atoms with E-state index in [1.165, 1.54) is 0 Å². The van der Waals surface area contributed by atoms with E-state index in [0.717, 1.165) is 16.8 Å². The van der Waals surface area contributed by atoms with Crippen LogP contribution in [0.1, 0.15) is 13.8 Å². The Balaban J connectivity index is 2.20. The maximum absolute atomic E-state index is 5.84. The fourth-order valence-electron chi connectivity index (χ4n) is 1.30. The minimum Gasteiger partial charge on any atom is -0.492 e. The highest BCUT2D eigenvalue weighted by atomic mass is 16.5. The fraction of sp³-hybridized carbons (Fsp3) is 0.333. The highest BCUT2D eigenvalue weighted by Crippen LogP contribution is 2.17. The Morgan fingerprint density at radius 1 is 1.19 bits per heavy atom. The summed E-state index contributed by atoms with van der Waals surface area (Å²) >= 11 is 0. The highest BCUT2D eigenvalue weighted by Gasteiger charge is 2.11. The normalized spacial score (nSPS) is 11.7. The first-order chi connectivity index (χ1) is 7.54. The molecule has 1 aromatic heterocycles. The Bertz CT molecular complexity index is 491. The second-order valence-corrected chi connectivity index (χ2v) is 4.48. The Morgan fingerprint density at radius 3 is 2.56 bits per heavy atom. The number of fused-ring (bicyclic) bond motifs is 1. The van der Waals surface area contributed by atoms with Crippen LogP contribution in [0.25, 0.3) is 11.0 Å². The van der Waals surface area contributed by atoms with Gasteiger partial charge in [-0.2, -0.15) is 0 Å². The summed E-state index contributed by atoms with van der Waals surface area (Å²) in [5, 5.41) is 0. The van der Waals surface area contributed by atoms with E-state index < -0.39 is 0 Å². The number of rotatable bonds is 3. The van der Waals surface area contributed by atoms with Gasteiger partial charge in [0.05, 0.1) is 11.0 Å². The summed E-state index contributed by atoms with van der Waals surface area (Å²) in [6.07, 6.45) is 3.34. The predicted molar refractivity (Wildman–Crippen MR) is 63.3 cm³/mol. The molecule has 1 aromatic carbocycles. The molecule has 0 fully saturated rings. The molecule has 0 atom stereocenters. The van der Waals surface area contributed by atoms with E-state index in [-0.39, 0.29) is 5.54 Å². The highest BCUT2D eigenvalue weighted by molar-refractivity contribution is 5.75. The Morgan fingerprint density at radius 2 is 1.88 bits per heavy atom. The summed E-state index contributed by atoms with van der Waals surface area (Å²) in [7, 11) is 0. The molecule has 84 valence electrons. The van der Waals surface area contributed by atoms with Gasteiger partial charge in [-0.3, -0.25) is 9.97 Å². The van der Waals surface area contributed by atoms with Gasteiger partial charge in [0.15, 0.2) is 0 Å². The third-order valence-electron chi connectivity index (χ3n) is 2.05. The van der Waals surface area contributed by atoms with Crippen molar-refractivity contribution in [3.05, 3.63) is 30.6 Å². The minimum absolute atomic E-state index is 0.336. The Hall–Kier alpha value is -1.68. The third kappa shape index (κ3) is 2.67. The van der Waals surface area contributed by atoms with Gasteiger partial charge < -0.3 is 10.5 Å². The van der Waals surface area contributed by atoms with Crippen molar-refractivity contribution >= 4 is 11.0 Å². The van der Waals surface area contributed by atoms with Crippen molar-refractivity contribution in [3.63, 3.8) is 0 Å². The summed E-state index contributed by atoms with van der Waals surface area (Å²) in [6, 6.07) is 5.64. The van der Waals surface area contributed by atoms with Gasteiger partial charge in [-0.15, -0.1) is 0 Å². The van der Waals surface area contributed by atoms with Crippen LogP contribution in [0, 0.1) is 0 Å². The molecule has 4 nitrogen and oxygen atoms in total. The molecule has 16 heavy (non-hydrogen) atoms. The first kappa shape index (κ1) is 10.8. The first-order valence-corrected chi connectivity index (χ1v) is 5.17. The van der Waals surface area contributed by atoms with Crippen LogP contribution in [0.3, 0.4) is 0 Å². The zero-order valence-corrected chi connectivity index (χ0v) is 9.47. The maximum atomic E-state index is 5.84. The third-order valence-corrected chi connectivity index (χ3v) is 2.05. The quantitative estimate of drug-likeness (QED) is 0.850. The predicted octanol–water partition coefficient (Wildman–Crippen LogP) is 1.75. The van der Waals surface area contributed by atoms with Gasteiger partial charge in [-0.05, 0) is 26.0 Å². The minimum atomic E-state index is -0.336. The molecule has 0 aliphatic rings. The maximum Gasteiger partial charge on any atom is 0.121 e. The zero-order valence-electron chi connectivity index (χ0n) is 9.47. The van der Waals surface area contributed by atoms with Crippen LogP contribution in [0.4, 0.5) is 0 Å². The molecule has 0 unspecified atom stereocenters.